The molecule has 1 saturated carbocycles. The van der Waals surface area contributed by atoms with Gasteiger partial charge in [-0.05, 0) is 51.7 Å². The summed E-state index contributed by atoms with van der Waals surface area (Å²) in [7, 11) is 1.79. The fourth-order valence-corrected chi connectivity index (χ4v) is 4.67. The van der Waals surface area contributed by atoms with E-state index >= 15 is 0 Å². The molecule has 1 aliphatic carbocycles. The smallest absolute Gasteiger partial charge is 0.256 e. The van der Waals surface area contributed by atoms with Crippen molar-refractivity contribution in [2.24, 2.45) is 0 Å². The Balaban J connectivity index is 1.51. The molecule has 0 atom stereocenters. The average Bonchev–Trinajstić information content (AvgIpc) is 3.35. The van der Waals surface area contributed by atoms with Crippen molar-refractivity contribution in [1.82, 2.24) is 29.5 Å². The zero-order chi connectivity index (χ0) is 24.0. The Morgan fingerprint density at radius 1 is 1.21 bits per heavy atom. The molecule has 0 aromatic carbocycles. The van der Waals surface area contributed by atoms with Gasteiger partial charge in [0.1, 0.15) is 22.8 Å². The van der Waals surface area contributed by atoms with Crippen molar-refractivity contribution in [1.29, 1.82) is 0 Å². The van der Waals surface area contributed by atoms with Gasteiger partial charge in [-0.2, -0.15) is 9.97 Å². The third kappa shape index (κ3) is 4.15. The van der Waals surface area contributed by atoms with Crippen molar-refractivity contribution in [2.75, 3.05) is 17.7 Å². The molecule has 34 heavy (non-hydrogen) atoms. The minimum Gasteiger partial charge on any atom is -0.390 e. The minimum atomic E-state index is -2.50. The zero-order valence-corrected chi connectivity index (χ0v) is 19.4. The fraction of sp³-hybridized carbons (Fsp3) is 0.478. The van der Waals surface area contributed by atoms with E-state index in [2.05, 4.69) is 35.6 Å². The normalized spacial score (nSPS) is 21.0. The summed E-state index contributed by atoms with van der Waals surface area (Å²) in [6, 6.07) is 3.81. The Morgan fingerprint density at radius 2 is 1.97 bits per heavy atom. The van der Waals surface area contributed by atoms with E-state index in [9.17, 15) is 13.9 Å². The Bertz CT molecular complexity index is 1340. The van der Waals surface area contributed by atoms with E-state index in [1.807, 2.05) is 13.0 Å². The lowest BCUT2D eigenvalue weighted by Gasteiger charge is -2.33. The molecule has 4 heterocycles. The molecule has 4 aromatic heterocycles. The first kappa shape index (κ1) is 22.5. The number of aromatic nitrogens is 6. The molecular weight excluding hydrogens is 442 g/mol. The number of rotatable bonds is 6. The van der Waals surface area contributed by atoms with Crippen molar-refractivity contribution < 1.29 is 13.9 Å². The molecule has 0 unspecified atom stereocenters. The molecule has 0 amide bonds. The van der Waals surface area contributed by atoms with Gasteiger partial charge in [0.2, 0.25) is 5.95 Å². The monoisotopic (exact) mass is 470 g/mol. The second-order valence-electron chi connectivity index (χ2n) is 9.19. The van der Waals surface area contributed by atoms with Crippen LogP contribution in [-0.4, -0.2) is 59.7 Å². The third-order valence-electron chi connectivity index (χ3n) is 6.54. The number of fused-ring (bicyclic) bond motifs is 2. The predicted molar refractivity (Wildman–Crippen MR) is 127 cm³/mol. The van der Waals surface area contributed by atoms with E-state index in [1.54, 1.807) is 26.2 Å². The molecule has 0 aliphatic heterocycles. The first-order valence-electron chi connectivity index (χ1n) is 11.4. The van der Waals surface area contributed by atoms with Crippen LogP contribution >= 0.6 is 0 Å². The molecular formula is C23H28F2N8O. The molecule has 0 saturated heterocycles. The topological polar surface area (TPSA) is 117 Å². The molecule has 9 nitrogen and oxygen atoms in total. The van der Waals surface area contributed by atoms with Crippen LogP contribution in [0, 0.1) is 6.92 Å². The van der Waals surface area contributed by atoms with Crippen LogP contribution in [0.2, 0.25) is 0 Å². The maximum Gasteiger partial charge on any atom is 0.256 e. The maximum absolute atomic E-state index is 13.1. The largest absolute Gasteiger partial charge is 0.390 e. The molecule has 1 fully saturated rings. The Hall–Kier alpha value is -3.34. The van der Waals surface area contributed by atoms with E-state index in [-0.39, 0.29) is 6.04 Å². The summed E-state index contributed by atoms with van der Waals surface area (Å²) in [5.41, 5.74) is 2.41. The highest BCUT2D eigenvalue weighted by molar-refractivity contribution is 6.01. The number of aliphatic hydroxyl groups is 1. The van der Waals surface area contributed by atoms with Gasteiger partial charge in [-0.1, -0.05) is 0 Å². The SMILES string of the molecule is CNc1nc(NC2CCC(C)(O)CC2)nc2[nH]cc(-c3ccc4nc(C)n(CC(F)F)c4n3)c12. The molecule has 180 valence electrons. The average molecular weight is 471 g/mol. The summed E-state index contributed by atoms with van der Waals surface area (Å²) in [4.78, 5) is 21.6. The van der Waals surface area contributed by atoms with Gasteiger partial charge in [-0.25, -0.2) is 18.7 Å². The second kappa shape index (κ2) is 8.46. The number of halogens is 2. The molecule has 5 rings (SSSR count). The highest BCUT2D eigenvalue weighted by Crippen LogP contribution is 2.34. The number of hydrogen-bond acceptors (Lipinski definition) is 7. The molecule has 0 spiro atoms. The first-order chi connectivity index (χ1) is 16.2. The van der Waals surface area contributed by atoms with Gasteiger partial charge in [0.05, 0.1) is 23.2 Å². The Kier molecular flexibility index (Phi) is 5.59. The number of aryl methyl sites for hydroxylation is 1. The number of hydrogen-bond donors (Lipinski definition) is 4. The van der Waals surface area contributed by atoms with E-state index < -0.39 is 18.6 Å². The molecule has 11 heteroatoms. The van der Waals surface area contributed by atoms with Crippen LogP contribution in [-0.2, 0) is 6.54 Å². The number of alkyl halides is 2. The number of nitrogens with zero attached hydrogens (tertiary/aromatic N) is 5. The molecule has 4 aromatic rings. The highest BCUT2D eigenvalue weighted by Gasteiger charge is 2.29. The summed E-state index contributed by atoms with van der Waals surface area (Å²) in [6.07, 6.45) is 2.45. The quantitative estimate of drug-likeness (QED) is 0.335. The van der Waals surface area contributed by atoms with Gasteiger partial charge in [-0.3, -0.25) is 0 Å². The lowest BCUT2D eigenvalue weighted by molar-refractivity contribution is 0.0195. The lowest BCUT2D eigenvalue weighted by Crippen LogP contribution is -2.36. The maximum atomic E-state index is 13.1. The zero-order valence-electron chi connectivity index (χ0n) is 19.4. The number of H-pyrrole nitrogens is 1. The summed E-state index contributed by atoms with van der Waals surface area (Å²) < 4.78 is 27.7. The number of nitrogens with one attached hydrogen (secondary N) is 3. The van der Waals surface area contributed by atoms with E-state index in [4.69, 9.17) is 0 Å². The number of anilines is 2. The van der Waals surface area contributed by atoms with Crippen LogP contribution in [0.15, 0.2) is 18.3 Å². The number of pyridine rings is 1. The van der Waals surface area contributed by atoms with Crippen molar-refractivity contribution in [2.45, 2.75) is 64.1 Å². The number of imidazole rings is 1. The van der Waals surface area contributed by atoms with Crippen LogP contribution in [0.5, 0.6) is 0 Å². The van der Waals surface area contributed by atoms with Crippen LogP contribution in [0.1, 0.15) is 38.4 Å². The fourth-order valence-electron chi connectivity index (χ4n) is 4.67. The predicted octanol–water partition coefficient (Wildman–Crippen LogP) is 4.09. The summed E-state index contributed by atoms with van der Waals surface area (Å²) in [6.45, 7) is 3.12. The van der Waals surface area contributed by atoms with Crippen LogP contribution in [0.3, 0.4) is 0 Å². The van der Waals surface area contributed by atoms with Gasteiger partial charge in [-0.15, -0.1) is 0 Å². The highest BCUT2D eigenvalue weighted by atomic mass is 19.3. The van der Waals surface area contributed by atoms with Gasteiger partial charge in [0, 0.05) is 24.8 Å². The van der Waals surface area contributed by atoms with Crippen molar-refractivity contribution in [3.63, 3.8) is 0 Å². The summed E-state index contributed by atoms with van der Waals surface area (Å²) in [5.74, 6) is 1.63. The van der Waals surface area contributed by atoms with Gasteiger partial charge in [0.15, 0.2) is 5.65 Å². The first-order valence-corrected chi connectivity index (χ1v) is 11.4. The van der Waals surface area contributed by atoms with E-state index in [0.29, 0.717) is 40.1 Å². The van der Waals surface area contributed by atoms with Gasteiger partial charge in [0.25, 0.3) is 6.43 Å². The van der Waals surface area contributed by atoms with Crippen molar-refractivity contribution >= 4 is 34.0 Å². The van der Waals surface area contributed by atoms with Crippen LogP contribution in [0.25, 0.3) is 33.5 Å². The lowest BCUT2D eigenvalue weighted by atomic mass is 9.84. The Labute approximate surface area is 195 Å². The van der Waals surface area contributed by atoms with Crippen molar-refractivity contribution in [3.05, 3.63) is 24.2 Å². The minimum absolute atomic E-state index is 0.194. The molecule has 0 radical (unpaired) electrons. The number of aromatic amines is 1. The van der Waals surface area contributed by atoms with Crippen LogP contribution < -0.4 is 10.6 Å². The van der Waals surface area contributed by atoms with Gasteiger partial charge < -0.3 is 25.3 Å². The van der Waals surface area contributed by atoms with Gasteiger partial charge >= 0.3 is 0 Å². The second-order valence-corrected chi connectivity index (χ2v) is 9.19. The van der Waals surface area contributed by atoms with E-state index in [0.717, 1.165) is 36.6 Å². The summed E-state index contributed by atoms with van der Waals surface area (Å²) >= 11 is 0. The molecule has 0 bridgehead atoms. The third-order valence-corrected chi connectivity index (χ3v) is 6.54. The Morgan fingerprint density at radius 3 is 2.68 bits per heavy atom. The summed E-state index contributed by atoms with van der Waals surface area (Å²) in [5, 5.41) is 17.5. The molecule has 1 aliphatic rings. The molecule has 4 N–H and O–H groups in total. The van der Waals surface area contributed by atoms with Crippen molar-refractivity contribution in [3.8, 4) is 11.3 Å². The van der Waals surface area contributed by atoms with E-state index in [1.165, 1.54) is 4.57 Å². The standard InChI is InChI=1S/C23H28F2N8O/c1-12-28-16-5-4-15(30-21(16)33(12)11-17(24)25)14-10-27-20-18(14)19(26-3)31-22(32-20)29-13-6-8-23(2,34)9-7-13/h4-5,10,13,17,34H,6-9,11H2,1-3H3,(H3,26,27,29,31,32). The van der Waals surface area contributed by atoms with Crippen LogP contribution in [0.4, 0.5) is 20.5 Å².